The molecule has 0 spiro atoms. The van der Waals surface area contributed by atoms with Gasteiger partial charge < -0.3 is 25.4 Å². The van der Waals surface area contributed by atoms with Crippen LogP contribution in [0.2, 0.25) is 0 Å². The molecule has 2 aromatic carbocycles. The molecule has 0 heterocycles. The van der Waals surface area contributed by atoms with Crippen molar-refractivity contribution in [2.75, 3.05) is 32.2 Å². The van der Waals surface area contributed by atoms with E-state index in [2.05, 4.69) is 0 Å². The number of hydrogen-bond donors (Lipinski definition) is 3. The van der Waals surface area contributed by atoms with Crippen LogP contribution < -0.4 is 15.2 Å². The van der Waals surface area contributed by atoms with Crippen molar-refractivity contribution < 1.29 is 24.5 Å². The van der Waals surface area contributed by atoms with E-state index in [4.69, 9.17) is 25.4 Å². The highest BCUT2D eigenvalue weighted by Crippen LogP contribution is 2.39. The molecule has 0 saturated carbocycles. The minimum absolute atomic E-state index is 0.0404. The van der Waals surface area contributed by atoms with Gasteiger partial charge in [-0.3, -0.25) is 4.79 Å². The Morgan fingerprint density at radius 1 is 1.04 bits per heavy atom. The third-order valence-corrected chi connectivity index (χ3v) is 3.47. The van der Waals surface area contributed by atoms with Gasteiger partial charge in [-0.05, 0) is 13.0 Å². The fourth-order valence-electron chi connectivity index (χ4n) is 2.35. The molecule has 0 saturated heterocycles. The average Bonchev–Trinajstić information content (AvgIpc) is 2.61. The molecule has 24 heavy (non-hydrogen) atoms. The lowest BCUT2D eigenvalue weighted by Crippen LogP contribution is -2.12. The number of anilines is 1. The molecule has 0 aromatic heterocycles. The maximum Gasteiger partial charge on any atom is 0.193 e. The summed E-state index contributed by atoms with van der Waals surface area (Å²) in [6.07, 6.45) is 0. The molecule has 4 N–H and O–H groups in total. The van der Waals surface area contributed by atoms with Crippen LogP contribution in [-0.4, -0.2) is 42.4 Å². The van der Waals surface area contributed by atoms with Crippen LogP contribution in [0.3, 0.4) is 0 Å². The van der Waals surface area contributed by atoms with Crippen LogP contribution >= 0.6 is 0 Å². The van der Waals surface area contributed by atoms with E-state index >= 15 is 0 Å². The zero-order valence-electron chi connectivity index (χ0n) is 13.5. The molecule has 2 rings (SSSR count). The SMILES string of the molecule is Cc1c(C(=O)c2ccccc2)cc(N)c(OCCO)c1OCCO. The van der Waals surface area contributed by atoms with Crippen LogP contribution in [0.5, 0.6) is 11.5 Å². The number of carbonyl (C=O) groups is 1. The highest BCUT2D eigenvalue weighted by atomic mass is 16.5. The van der Waals surface area contributed by atoms with Crippen molar-refractivity contribution in [1.82, 2.24) is 0 Å². The second kappa shape index (κ2) is 8.33. The van der Waals surface area contributed by atoms with Crippen LogP contribution in [0.1, 0.15) is 21.5 Å². The largest absolute Gasteiger partial charge is 0.487 e. The maximum atomic E-state index is 12.7. The zero-order chi connectivity index (χ0) is 17.5. The van der Waals surface area contributed by atoms with E-state index in [-0.39, 0.29) is 43.6 Å². The van der Waals surface area contributed by atoms with Crippen molar-refractivity contribution >= 4 is 11.5 Å². The number of benzene rings is 2. The number of ketones is 1. The molecule has 128 valence electrons. The Balaban J connectivity index is 2.49. The van der Waals surface area contributed by atoms with E-state index in [1.165, 1.54) is 0 Å². The molecule has 0 fully saturated rings. The van der Waals surface area contributed by atoms with Crippen LogP contribution in [0.25, 0.3) is 0 Å². The Labute approximate surface area is 140 Å². The van der Waals surface area contributed by atoms with Gasteiger partial charge in [-0.2, -0.15) is 0 Å². The highest BCUT2D eigenvalue weighted by molar-refractivity contribution is 6.11. The first-order chi connectivity index (χ1) is 11.6. The molecule has 0 radical (unpaired) electrons. The van der Waals surface area contributed by atoms with Gasteiger partial charge in [0, 0.05) is 16.7 Å². The monoisotopic (exact) mass is 331 g/mol. The van der Waals surface area contributed by atoms with E-state index in [9.17, 15) is 4.79 Å². The fourth-order valence-corrected chi connectivity index (χ4v) is 2.35. The second-order valence-electron chi connectivity index (χ2n) is 5.14. The normalized spacial score (nSPS) is 10.5. The molecule has 0 aliphatic rings. The molecule has 6 nitrogen and oxygen atoms in total. The Bertz CT molecular complexity index is 700. The van der Waals surface area contributed by atoms with Gasteiger partial charge in [-0.25, -0.2) is 0 Å². The third-order valence-electron chi connectivity index (χ3n) is 3.47. The summed E-state index contributed by atoms with van der Waals surface area (Å²) in [6, 6.07) is 10.4. The molecule has 0 atom stereocenters. The fraction of sp³-hybridized carbons (Fsp3) is 0.278. The summed E-state index contributed by atoms with van der Waals surface area (Å²) in [6.45, 7) is 1.45. The van der Waals surface area contributed by atoms with Gasteiger partial charge in [0.2, 0.25) is 0 Å². The lowest BCUT2D eigenvalue weighted by atomic mass is 9.97. The molecule has 6 heteroatoms. The van der Waals surface area contributed by atoms with Crippen molar-refractivity contribution in [2.24, 2.45) is 0 Å². The first-order valence-electron chi connectivity index (χ1n) is 7.60. The van der Waals surface area contributed by atoms with Gasteiger partial charge in [0.05, 0.1) is 18.9 Å². The van der Waals surface area contributed by atoms with Crippen LogP contribution in [0.15, 0.2) is 36.4 Å². The first kappa shape index (κ1) is 17.8. The Morgan fingerprint density at radius 2 is 1.62 bits per heavy atom. The van der Waals surface area contributed by atoms with Crippen molar-refractivity contribution in [3.05, 3.63) is 53.1 Å². The Morgan fingerprint density at radius 3 is 2.21 bits per heavy atom. The van der Waals surface area contributed by atoms with Gasteiger partial charge in [0.1, 0.15) is 13.2 Å². The quantitative estimate of drug-likeness (QED) is 0.501. The van der Waals surface area contributed by atoms with Gasteiger partial charge >= 0.3 is 0 Å². The van der Waals surface area contributed by atoms with Crippen molar-refractivity contribution in [3.63, 3.8) is 0 Å². The van der Waals surface area contributed by atoms with E-state index in [1.807, 2.05) is 6.07 Å². The molecule has 0 aliphatic carbocycles. The maximum absolute atomic E-state index is 12.7. The Hall–Kier alpha value is -2.57. The lowest BCUT2D eigenvalue weighted by Gasteiger charge is -2.18. The standard InChI is InChI=1S/C18H21NO5/c1-12-14(16(22)13-5-3-2-4-6-13)11-15(19)18(24-10-8-21)17(12)23-9-7-20/h2-6,11,20-21H,7-10,19H2,1H3. The molecule has 0 bridgehead atoms. The van der Waals surface area contributed by atoms with Crippen LogP contribution in [0.4, 0.5) is 5.69 Å². The van der Waals surface area contributed by atoms with E-state index < -0.39 is 0 Å². The Kier molecular flexibility index (Phi) is 6.17. The summed E-state index contributed by atoms with van der Waals surface area (Å²) >= 11 is 0. The predicted molar refractivity (Wildman–Crippen MR) is 90.6 cm³/mol. The molecular formula is C18H21NO5. The molecule has 0 unspecified atom stereocenters. The molecular weight excluding hydrogens is 310 g/mol. The van der Waals surface area contributed by atoms with E-state index in [0.29, 0.717) is 22.4 Å². The number of nitrogen functional groups attached to an aromatic ring is 1. The first-order valence-corrected chi connectivity index (χ1v) is 7.60. The van der Waals surface area contributed by atoms with E-state index in [1.54, 1.807) is 37.3 Å². The number of carbonyl (C=O) groups excluding carboxylic acids is 1. The zero-order valence-corrected chi connectivity index (χ0v) is 13.5. The third kappa shape index (κ3) is 3.84. The molecule has 0 amide bonds. The van der Waals surface area contributed by atoms with Gasteiger partial charge in [-0.1, -0.05) is 30.3 Å². The molecule has 0 aliphatic heterocycles. The van der Waals surface area contributed by atoms with Crippen molar-refractivity contribution in [2.45, 2.75) is 6.92 Å². The number of aliphatic hydroxyl groups excluding tert-OH is 2. The second-order valence-corrected chi connectivity index (χ2v) is 5.14. The minimum atomic E-state index is -0.185. The summed E-state index contributed by atoms with van der Waals surface area (Å²) in [5, 5.41) is 18.0. The number of rotatable bonds is 8. The topological polar surface area (TPSA) is 102 Å². The number of ether oxygens (including phenoxy) is 2. The number of aliphatic hydroxyl groups is 2. The van der Waals surface area contributed by atoms with Gasteiger partial charge in [0.25, 0.3) is 0 Å². The molecule has 2 aromatic rings. The average molecular weight is 331 g/mol. The number of hydrogen-bond acceptors (Lipinski definition) is 6. The summed E-state index contributed by atoms with van der Waals surface area (Å²) in [5.74, 6) is 0.388. The van der Waals surface area contributed by atoms with Crippen LogP contribution in [-0.2, 0) is 0 Å². The van der Waals surface area contributed by atoms with Gasteiger partial charge in [-0.15, -0.1) is 0 Å². The summed E-state index contributed by atoms with van der Waals surface area (Å²) < 4.78 is 11.0. The van der Waals surface area contributed by atoms with Gasteiger partial charge in [0.15, 0.2) is 17.3 Å². The smallest absolute Gasteiger partial charge is 0.193 e. The summed E-state index contributed by atoms with van der Waals surface area (Å²) in [7, 11) is 0. The van der Waals surface area contributed by atoms with Crippen molar-refractivity contribution in [3.8, 4) is 11.5 Å². The summed E-state index contributed by atoms with van der Waals surface area (Å²) in [4.78, 5) is 12.7. The summed E-state index contributed by atoms with van der Waals surface area (Å²) in [5.41, 5.74) is 7.77. The van der Waals surface area contributed by atoms with Crippen molar-refractivity contribution in [1.29, 1.82) is 0 Å². The number of nitrogens with two attached hydrogens (primary N) is 1. The predicted octanol–water partition coefficient (Wildman–Crippen LogP) is 1.55. The lowest BCUT2D eigenvalue weighted by molar-refractivity contribution is 0.103. The highest BCUT2D eigenvalue weighted by Gasteiger charge is 2.21. The van der Waals surface area contributed by atoms with Crippen LogP contribution in [0, 0.1) is 6.92 Å². The minimum Gasteiger partial charge on any atom is -0.487 e. The van der Waals surface area contributed by atoms with E-state index in [0.717, 1.165) is 0 Å².